The first-order valence-corrected chi connectivity index (χ1v) is 9.06. The second-order valence-corrected chi connectivity index (χ2v) is 7.07. The summed E-state index contributed by atoms with van der Waals surface area (Å²) in [5.41, 5.74) is -4.58. The van der Waals surface area contributed by atoms with E-state index >= 15 is 0 Å². The number of alkyl halides is 3. The van der Waals surface area contributed by atoms with Gasteiger partial charge in [0.25, 0.3) is 10.1 Å². The van der Waals surface area contributed by atoms with E-state index in [1.54, 1.807) is 24.5 Å². The van der Waals surface area contributed by atoms with Crippen LogP contribution in [0.2, 0.25) is 0 Å². The van der Waals surface area contributed by atoms with Crippen molar-refractivity contribution in [2.24, 2.45) is 0 Å². The van der Waals surface area contributed by atoms with Gasteiger partial charge >= 0.3 is 15.6 Å². The number of hydrogen-bond donors (Lipinski definition) is 2. The molecule has 1 aromatic carbocycles. The molecule has 12 heteroatoms. The van der Waals surface area contributed by atoms with Crippen molar-refractivity contribution in [1.29, 1.82) is 0 Å². The Hall–Kier alpha value is -2.02. The zero-order valence-corrected chi connectivity index (χ0v) is 14.3. The van der Waals surface area contributed by atoms with Crippen LogP contribution in [0.3, 0.4) is 0 Å². The lowest BCUT2D eigenvalue weighted by molar-refractivity contribution is -0.0510. The van der Waals surface area contributed by atoms with E-state index in [1.165, 1.54) is 12.1 Å². The molecule has 0 amide bonds. The van der Waals surface area contributed by atoms with E-state index in [1.807, 2.05) is 25.1 Å². The fraction of sp³-hybridized carbons (Fsp3) is 0.154. The molecule has 2 N–H and O–H groups in total. The first-order valence-electron chi connectivity index (χ1n) is 6.18. The van der Waals surface area contributed by atoms with Crippen LogP contribution in [0, 0.1) is 6.92 Å². The second kappa shape index (κ2) is 9.46. The van der Waals surface area contributed by atoms with Gasteiger partial charge in [0.15, 0.2) is 0 Å². The maximum absolute atomic E-state index is 10.7. The monoisotopic (exact) mass is 401 g/mol. The number of hydrogen-bond acceptors (Lipinski definition) is 5. The van der Waals surface area contributed by atoms with Gasteiger partial charge in [-0.2, -0.15) is 30.0 Å². The summed E-state index contributed by atoms with van der Waals surface area (Å²) < 4.78 is 87.1. The Kier molecular flexibility index (Phi) is 8.70. The molecule has 1 aromatic heterocycles. The number of pyridine rings is 1. The van der Waals surface area contributed by atoms with Gasteiger partial charge in [-0.05, 0) is 31.2 Å². The minimum atomic E-state index is -5.84. The molecule has 0 aliphatic heterocycles. The van der Waals surface area contributed by atoms with Crippen molar-refractivity contribution in [2.45, 2.75) is 17.3 Å². The quantitative estimate of drug-likeness (QED) is 0.556. The molecule has 0 saturated carbocycles. The van der Waals surface area contributed by atoms with Crippen molar-refractivity contribution in [3.8, 4) is 0 Å². The fourth-order valence-electron chi connectivity index (χ4n) is 1.02. The molecule has 0 radical (unpaired) electrons. The fourth-order valence-corrected chi connectivity index (χ4v) is 1.50. The van der Waals surface area contributed by atoms with E-state index < -0.39 is 25.7 Å². The van der Waals surface area contributed by atoms with Gasteiger partial charge < -0.3 is 0 Å². The normalized spacial score (nSPS) is 11.4. The van der Waals surface area contributed by atoms with E-state index in [-0.39, 0.29) is 4.90 Å². The topological polar surface area (TPSA) is 122 Å². The number of nitrogens with zero attached hydrogens (tertiary/aromatic N) is 1. The van der Waals surface area contributed by atoms with Crippen LogP contribution in [0.4, 0.5) is 13.2 Å². The average Bonchev–Trinajstić information content (AvgIpc) is 2.48. The van der Waals surface area contributed by atoms with Gasteiger partial charge in [-0.25, -0.2) is 0 Å². The van der Waals surface area contributed by atoms with Crippen LogP contribution in [0.1, 0.15) is 5.56 Å². The third-order valence-electron chi connectivity index (χ3n) is 2.18. The highest BCUT2D eigenvalue weighted by Gasteiger charge is 2.44. The smallest absolute Gasteiger partial charge is 0.282 e. The van der Waals surface area contributed by atoms with Crippen LogP contribution in [0.25, 0.3) is 0 Å². The Bertz CT molecular complexity index is 809. The predicted octanol–water partition coefficient (Wildman–Crippen LogP) is 2.72. The zero-order chi connectivity index (χ0) is 19.7. The Morgan fingerprint density at radius 3 is 1.48 bits per heavy atom. The van der Waals surface area contributed by atoms with E-state index in [2.05, 4.69) is 4.98 Å². The maximum Gasteiger partial charge on any atom is 0.522 e. The van der Waals surface area contributed by atoms with E-state index in [9.17, 15) is 21.6 Å². The molecule has 1 heterocycles. The van der Waals surface area contributed by atoms with Crippen molar-refractivity contribution in [3.63, 3.8) is 0 Å². The summed E-state index contributed by atoms with van der Waals surface area (Å²) in [4.78, 5) is 3.72. The molecular formula is C13H14F3NO6S2. The standard InChI is InChI=1S/C7H8O3S.C5H5N.CHF3O3S/c1-6-2-4-7(5-3-6)11(8,9)10;1-2-4-6-5-3-1;2-1(3,4)8(5,6)7/h2-5H,1H3,(H,8,9,10);1-5H;(H,5,6,7). The highest BCUT2D eigenvalue weighted by atomic mass is 32.2. The molecular weight excluding hydrogens is 387 g/mol. The Morgan fingerprint density at radius 2 is 1.28 bits per heavy atom. The molecule has 2 rings (SSSR count). The van der Waals surface area contributed by atoms with Crippen LogP contribution in [0.15, 0.2) is 59.8 Å². The molecule has 0 aliphatic rings. The number of benzene rings is 1. The predicted molar refractivity (Wildman–Crippen MR) is 82.8 cm³/mol. The highest BCUT2D eigenvalue weighted by Crippen LogP contribution is 2.20. The summed E-state index contributed by atoms with van der Waals surface area (Å²) in [6.45, 7) is 1.84. The summed E-state index contributed by atoms with van der Waals surface area (Å²) in [6.07, 6.45) is 3.50. The number of aromatic nitrogens is 1. The Morgan fingerprint density at radius 1 is 0.880 bits per heavy atom. The lowest BCUT2D eigenvalue weighted by Gasteiger charge is -1.97. The van der Waals surface area contributed by atoms with E-state index in [0.29, 0.717) is 0 Å². The SMILES string of the molecule is Cc1ccc(S(=O)(=O)O)cc1.O=S(=O)(O)C(F)(F)F.c1ccncc1. The van der Waals surface area contributed by atoms with Gasteiger partial charge in [0, 0.05) is 12.4 Å². The van der Waals surface area contributed by atoms with Gasteiger partial charge in [0.2, 0.25) is 0 Å². The zero-order valence-electron chi connectivity index (χ0n) is 12.6. The number of halogens is 3. The van der Waals surface area contributed by atoms with Gasteiger partial charge in [-0.3, -0.25) is 14.1 Å². The summed E-state index contributed by atoms with van der Waals surface area (Å²) in [7, 11) is -9.86. The summed E-state index contributed by atoms with van der Waals surface area (Å²) in [5.74, 6) is 0. The van der Waals surface area contributed by atoms with Gasteiger partial charge in [-0.1, -0.05) is 23.8 Å². The largest absolute Gasteiger partial charge is 0.522 e. The van der Waals surface area contributed by atoms with Crippen molar-refractivity contribution in [3.05, 3.63) is 60.4 Å². The summed E-state index contributed by atoms with van der Waals surface area (Å²) in [5, 5.41) is 0. The Balaban J connectivity index is 0.000000363. The summed E-state index contributed by atoms with van der Waals surface area (Å²) in [6, 6.07) is 11.7. The van der Waals surface area contributed by atoms with Gasteiger partial charge in [-0.15, -0.1) is 0 Å². The van der Waals surface area contributed by atoms with Crippen LogP contribution >= 0.6 is 0 Å². The van der Waals surface area contributed by atoms with Gasteiger partial charge in [0.05, 0.1) is 4.90 Å². The van der Waals surface area contributed by atoms with Crippen molar-refractivity contribution in [1.82, 2.24) is 4.98 Å². The van der Waals surface area contributed by atoms with E-state index in [4.69, 9.17) is 17.5 Å². The van der Waals surface area contributed by atoms with Crippen LogP contribution in [-0.2, 0) is 20.2 Å². The molecule has 2 aromatic rings. The highest BCUT2D eigenvalue weighted by molar-refractivity contribution is 7.86. The first-order chi connectivity index (χ1) is 11.2. The van der Waals surface area contributed by atoms with Crippen molar-refractivity contribution >= 4 is 20.2 Å². The minimum absolute atomic E-state index is 0.0666. The number of rotatable bonds is 1. The number of aryl methyl sites for hydroxylation is 1. The second-order valence-electron chi connectivity index (χ2n) is 4.23. The van der Waals surface area contributed by atoms with Crippen molar-refractivity contribution in [2.75, 3.05) is 0 Å². The lowest BCUT2D eigenvalue weighted by Crippen LogP contribution is -2.21. The third-order valence-corrected chi connectivity index (χ3v) is 3.63. The molecule has 0 saturated heterocycles. The van der Waals surface area contributed by atoms with E-state index in [0.717, 1.165) is 5.56 Å². The molecule has 0 aliphatic carbocycles. The first kappa shape index (κ1) is 23.0. The molecule has 0 unspecified atom stereocenters. The molecule has 7 nitrogen and oxygen atoms in total. The maximum atomic E-state index is 10.7. The molecule has 0 spiro atoms. The molecule has 0 bridgehead atoms. The minimum Gasteiger partial charge on any atom is -0.282 e. The van der Waals surface area contributed by atoms with Crippen LogP contribution < -0.4 is 0 Å². The molecule has 140 valence electrons. The lowest BCUT2D eigenvalue weighted by atomic mass is 10.2. The van der Waals surface area contributed by atoms with Crippen LogP contribution in [-0.4, -0.2) is 36.4 Å². The van der Waals surface area contributed by atoms with Gasteiger partial charge in [0.1, 0.15) is 0 Å². The summed E-state index contributed by atoms with van der Waals surface area (Å²) >= 11 is 0. The van der Waals surface area contributed by atoms with Crippen LogP contribution in [0.5, 0.6) is 0 Å². The molecule has 25 heavy (non-hydrogen) atoms. The molecule has 0 atom stereocenters. The molecule has 0 fully saturated rings. The van der Waals surface area contributed by atoms with Crippen molar-refractivity contribution < 1.29 is 39.1 Å². The average molecular weight is 401 g/mol. The Labute approximate surface area is 142 Å². The third kappa shape index (κ3) is 10.4.